The lowest BCUT2D eigenvalue weighted by Gasteiger charge is -2.34. The highest BCUT2D eigenvalue weighted by Gasteiger charge is 2.46. The van der Waals surface area contributed by atoms with Crippen molar-refractivity contribution in [2.24, 2.45) is 0 Å². The molecule has 0 saturated heterocycles. The van der Waals surface area contributed by atoms with Gasteiger partial charge in [0, 0.05) is 28.5 Å². The lowest BCUT2D eigenvalue weighted by molar-refractivity contribution is 0.360. The first-order valence-corrected chi connectivity index (χ1v) is 16.1. The Bertz CT molecular complexity index is 2230. The molecule has 1 heterocycles. The highest BCUT2D eigenvalue weighted by atomic mass is 35.5. The SMILES string of the molecule is Clc1ccc2c(c1)Oc1ccc(N(c3ccccc3)c3ccc4c(c3)-c3ccccc3C4(c3ccccc3)c3ccccc3)cc1O2. The molecule has 7 aromatic rings. The molecule has 0 radical (unpaired) electrons. The first kappa shape index (κ1) is 27.5. The number of nitrogens with zero attached hydrogens (tertiary/aromatic N) is 1. The molecule has 0 fully saturated rings. The number of benzene rings is 7. The molecule has 0 spiro atoms. The van der Waals surface area contributed by atoms with Crippen LogP contribution in [-0.2, 0) is 5.41 Å². The van der Waals surface area contributed by atoms with Crippen molar-refractivity contribution < 1.29 is 9.47 Å². The van der Waals surface area contributed by atoms with E-state index in [4.69, 9.17) is 21.1 Å². The summed E-state index contributed by atoms with van der Waals surface area (Å²) in [7, 11) is 0. The average Bonchev–Trinajstić information content (AvgIpc) is 3.43. The third-order valence-electron chi connectivity index (χ3n) is 9.25. The molecule has 4 heteroatoms. The fourth-order valence-electron chi connectivity index (χ4n) is 7.28. The Hall–Kier alpha value is -5.77. The van der Waals surface area contributed by atoms with Gasteiger partial charge >= 0.3 is 0 Å². The molecule has 1 aliphatic carbocycles. The van der Waals surface area contributed by atoms with E-state index in [9.17, 15) is 0 Å². The minimum atomic E-state index is -0.447. The van der Waals surface area contributed by atoms with Gasteiger partial charge in [0.05, 0.1) is 11.1 Å². The Morgan fingerprint density at radius 1 is 0.404 bits per heavy atom. The van der Waals surface area contributed by atoms with Crippen LogP contribution in [0.25, 0.3) is 11.1 Å². The molecule has 0 N–H and O–H groups in total. The monoisotopic (exact) mass is 625 g/mol. The van der Waals surface area contributed by atoms with Crippen molar-refractivity contribution >= 4 is 28.7 Å². The predicted octanol–water partition coefficient (Wildman–Crippen LogP) is 12.1. The molecule has 3 nitrogen and oxygen atoms in total. The first-order chi connectivity index (χ1) is 23.2. The minimum absolute atomic E-state index is 0.447. The molecule has 9 rings (SSSR count). The molecule has 224 valence electrons. The van der Waals surface area contributed by atoms with Crippen LogP contribution in [0.15, 0.2) is 170 Å². The number of para-hydroxylation sites is 1. The largest absolute Gasteiger partial charge is 0.449 e. The number of fused-ring (bicyclic) bond motifs is 5. The topological polar surface area (TPSA) is 21.7 Å². The fraction of sp³-hybridized carbons (Fsp3) is 0.0233. The van der Waals surface area contributed by atoms with Crippen molar-refractivity contribution in [2.45, 2.75) is 5.41 Å². The summed E-state index contributed by atoms with van der Waals surface area (Å²) in [6.45, 7) is 0. The Morgan fingerprint density at radius 2 is 0.936 bits per heavy atom. The van der Waals surface area contributed by atoms with Gasteiger partial charge in [-0.2, -0.15) is 0 Å². The van der Waals surface area contributed by atoms with Crippen molar-refractivity contribution in [1.29, 1.82) is 0 Å². The van der Waals surface area contributed by atoms with Gasteiger partial charge in [-0.3, -0.25) is 0 Å². The van der Waals surface area contributed by atoms with Crippen LogP contribution >= 0.6 is 11.6 Å². The number of hydrogen-bond donors (Lipinski definition) is 0. The smallest absolute Gasteiger partial charge is 0.172 e. The maximum absolute atomic E-state index is 6.33. The Kier molecular flexibility index (Phi) is 6.41. The standard InChI is InChI=1S/C43H28ClNO2/c44-31-20-24-39-41(26-31)46-40-25-22-34(28-42(40)47-39)45(32-16-8-3-9-17-32)33-21-23-38-36(27-33)35-18-10-11-19-37(35)43(38,29-12-4-1-5-13-29)30-14-6-2-7-15-30/h1-28H. The Morgan fingerprint density at radius 3 is 1.64 bits per heavy atom. The first-order valence-electron chi connectivity index (χ1n) is 15.7. The third-order valence-corrected chi connectivity index (χ3v) is 9.48. The summed E-state index contributed by atoms with van der Waals surface area (Å²) < 4.78 is 12.5. The van der Waals surface area contributed by atoms with Crippen molar-refractivity contribution in [2.75, 3.05) is 4.90 Å². The van der Waals surface area contributed by atoms with Crippen LogP contribution in [0.1, 0.15) is 22.3 Å². The van der Waals surface area contributed by atoms with Gasteiger partial charge in [-0.05, 0) is 81.9 Å². The van der Waals surface area contributed by atoms with Gasteiger partial charge in [0.15, 0.2) is 23.0 Å². The minimum Gasteiger partial charge on any atom is -0.449 e. The number of ether oxygens (including phenoxy) is 2. The van der Waals surface area contributed by atoms with Crippen LogP contribution in [0, 0.1) is 0 Å². The maximum Gasteiger partial charge on any atom is 0.172 e. The zero-order chi connectivity index (χ0) is 31.4. The van der Waals surface area contributed by atoms with Crippen LogP contribution in [-0.4, -0.2) is 0 Å². The van der Waals surface area contributed by atoms with Gasteiger partial charge in [-0.15, -0.1) is 0 Å². The van der Waals surface area contributed by atoms with Gasteiger partial charge in [0.1, 0.15) is 0 Å². The second-order valence-corrected chi connectivity index (χ2v) is 12.3. The van der Waals surface area contributed by atoms with Crippen LogP contribution < -0.4 is 14.4 Å². The second kappa shape index (κ2) is 10.9. The van der Waals surface area contributed by atoms with Crippen molar-refractivity contribution in [3.63, 3.8) is 0 Å². The van der Waals surface area contributed by atoms with Gasteiger partial charge < -0.3 is 14.4 Å². The molecule has 0 saturated carbocycles. The summed E-state index contributed by atoms with van der Waals surface area (Å²) in [5.41, 5.74) is 10.1. The second-order valence-electron chi connectivity index (χ2n) is 11.9. The van der Waals surface area contributed by atoms with Crippen molar-refractivity contribution in [1.82, 2.24) is 0 Å². The van der Waals surface area contributed by atoms with E-state index in [0.717, 1.165) is 17.1 Å². The van der Waals surface area contributed by atoms with Crippen LogP contribution in [0.5, 0.6) is 23.0 Å². The summed E-state index contributed by atoms with van der Waals surface area (Å²) in [6.07, 6.45) is 0. The lowest BCUT2D eigenvalue weighted by atomic mass is 9.68. The summed E-state index contributed by atoms with van der Waals surface area (Å²) in [4.78, 5) is 2.27. The Balaban J connectivity index is 1.23. The summed E-state index contributed by atoms with van der Waals surface area (Å²) in [6, 6.07) is 59.4. The van der Waals surface area contributed by atoms with E-state index >= 15 is 0 Å². The van der Waals surface area contributed by atoms with Crippen molar-refractivity contribution in [3.8, 4) is 34.1 Å². The molecule has 2 aliphatic rings. The molecule has 0 unspecified atom stereocenters. The molecular formula is C43H28ClNO2. The molecular weight excluding hydrogens is 598 g/mol. The highest BCUT2D eigenvalue weighted by molar-refractivity contribution is 6.30. The predicted molar refractivity (Wildman–Crippen MR) is 190 cm³/mol. The highest BCUT2D eigenvalue weighted by Crippen LogP contribution is 2.57. The van der Waals surface area contributed by atoms with E-state index in [1.807, 2.05) is 30.3 Å². The normalized spacial score (nSPS) is 13.3. The third kappa shape index (κ3) is 4.35. The van der Waals surface area contributed by atoms with E-state index < -0.39 is 5.41 Å². The Labute approximate surface area is 278 Å². The molecule has 0 bridgehead atoms. The molecule has 0 amide bonds. The number of rotatable bonds is 5. The zero-order valence-corrected chi connectivity index (χ0v) is 26.1. The summed E-state index contributed by atoms with van der Waals surface area (Å²) in [5.74, 6) is 2.54. The summed E-state index contributed by atoms with van der Waals surface area (Å²) in [5, 5.41) is 0.601. The quantitative estimate of drug-likeness (QED) is 0.190. The molecule has 47 heavy (non-hydrogen) atoms. The van der Waals surface area contributed by atoms with Gasteiger partial charge in [0.2, 0.25) is 0 Å². The van der Waals surface area contributed by atoms with Crippen LogP contribution in [0.3, 0.4) is 0 Å². The molecule has 0 aromatic heterocycles. The number of anilines is 3. The molecule has 0 atom stereocenters. The van der Waals surface area contributed by atoms with E-state index in [-0.39, 0.29) is 0 Å². The fourth-order valence-corrected chi connectivity index (χ4v) is 7.45. The average molecular weight is 626 g/mol. The van der Waals surface area contributed by atoms with E-state index in [0.29, 0.717) is 28.0 Å². The van der Waals surface area contributed by atoms with Crippen LogP contribution in [0.4, 0.5) is 17.1 Å². The van der Waals surface area contributed by atoms with Gasteiger partial charge in [-0.1, -0.05) is 121 Å². The van der Waals surface area contributed by atoms with Crippen molar-refractivity contribution in [3.05, 3.63) is 197 Å². The lowest BCUT2D eigenvalue weighted by Crippen LogP contribution is -2.28. The zero-order valence-electron chi connectivity index (χ0n) is 25.3. The summed E-state index contributed by atoms with van der Waals surface area (Å²) >= 11 is 6.22. The number of halogens is 1. The molecule has 7 aromatic carbocycles. The number of hydrogen-bond acceptors (Lipinski definition) is 3. The maximum atomic E-state index is 6.33. The van der Waals surface area contributed by atoms with Gasteiger partial charge in [-0.25, -0.2) is 0 Å². The van der Waals surface area contributed by atoms with E-state index in [1.54, 1.807) is 6.07 Å². The molecule has 1 aliphatic heterocycles. The van der Waals surface area contributed by atoms with E-state index in [2.05, 4.69) is 138 Å². The van der Waals surface area contributed by atoms with Crippen LogP contribution in [0.2, 0.25) is 5.02 Å². The van der Waals surface area contributed by atoms with E-state index in [1.165, 1.54) is 33.4 Å². The van der Waals surface area contributed by atoms with Gasteiger partial charge in [0.25, 0.3) is 0 Å².